The van der Waals surface area contributed by atoms with Crippen LogP contribution in [0.3, 0.4) is 0 Å². The molecule has 0 bridgehead atoms. The number of hydrogen-bond donors (Lipinski definition) is 1. The predicted molar refractivity (Wildman–Crippen MR) is 112 cm³/mol. The molecule has 3 rings (SSSR count). The first-order chi connectivity index (χ1) is 14.1. The highest BCUT2D eigenvalue weighted by molar-refractivity contribution is 5.92. The first-order valence-corrected chi connectivity index (χ1v) is 10.4. The van der Waals surface area contributed by atoms with Crippen LogP contribution in [0.4, 0.5) is 0 Å². The number of aryl methyl sites for hydroxylation is 1. The second-order valence-electron chi connectivity index (χ2n) is 7.43. The number of nitrogens with one attached hydrogen (secondary N) is 1. The molecule has 0 saturated carbocycles. The highest BCUT2D eigenvalue weighted by Gasteiger charge is 2.25. The third-order valence-corrected chi connectivity index (χ3v) is 5.20. The summed E-state index contributed by atoms with van der Waals surface area (Å²) in [6.07, 6.45) is 4.15. The van der Waals surface area contributed by atoms with Crippen molar-refractivity contribution in [1.29, 1.82) is 0 Å². The molecule has 0 saturated heterocycles. The average Bonchev–Trinajstić information content (AvgIpc) is 2.74. The Hall–Kier alpha value is -2.82. The van der Waals surface area contributed by atoms with Crippen molar-refractivity contribution in [3.05, 3.63) is 65.2 Å². The van der Waals surface area contributed by atoms with Gasteiger partial charge in [0.05, 0.1) is 18.2 Å². The first kappa shape index (κ1) is 20.9. The van der Waals surface area contributed by atoms with Gasteiger partial charge < -0.3 is 14.8 Å². The van der Waals surface area contributed by atoms with Gasteiger partial charge in [-0.25, -0.2) is 4.79 Å². The summed E-state index contributed by atoms with van der Waals surface area (Å²) in [5.41, 5.74) is 2.83. The Balaban J connectivity index is 1.54. The fourth-order valence-electron chi connectivity index (χ4n) is 3.50. The van der Waals surface area contributed by atoms with E-state index in [1.54, 1.807) is 31.2 Å². The maximum Gasteiger partial charge on any atom is 0.338 e. The lowest BCUT2D eigenvalue weighted by molar-refractivity contribution is -0.130. The number of unbranched alkanes of at least 4 members (excludes halogenated alkanes) is 1. The maximum atomic E-state index is 12.6. The van der Waals surface area contributed by atoms with Gasteiger partial charge in [0.2, 0.25) is 0 Å². The molecule has 5 heteroatoms. The molecule has 2 atom stereocenters. The van der Waals surface area contributed by atoms with Crippen LogP contribution >= 0.6 is 0 Å². The highest BCUT2D eigenvalue weighted by Crippen LogP contribution is 2.29. The summed E-state index contributed by atoms with van der Waals surface area (Å²) in [4.78, 5) is 25.0. The zero-order chi connectivity index (χ0) is 20.6. The van der Waals surface area contributed by atoms with E-state index in [0.717, 1.165) is 43.4 Å². The Morgan fingerprint density at radius 1 is 1.14 bits per heavy atom. The molecule has 29 heavy (non-hydrogen) atoms. The average molecular weight is 395 g/mol. The van der Waals surface area contributed by atoms with Gasteiger partial charge in [-0.3, -0.25) is 4.79 Å². The van der Waals surface area contributed by atoms with E-state index in [2.05, 4.69) is 24.4 Å². The molecule has 5 nitrogen and oxygen atoms in total. The Morgan fingerprint density at radius 2 is 1.90 bits per heavy atom. The summed E-state index contributed by atoms with van der Waals surface area (Å²) in [6.45, 7) is 4.36. The van der Waals surface area contributed by atoms with Gasteiger partial charge in [-0.2, -0.15) is 0 Å². The molecular formula is C24H29NO4. The van der Waals surface area contributed by atoms with Gasteiger partial charge in [0.25, 0.3) is 5.91 Å². The Bertz CT molecular complexity index is 831. The van der Waals surface area contributed by atoms with Crippen LogP contribution in [0.15, 0.2) is 48.5 Å². The van der Waals surface area contributed by atoms with Crippen molar-refractivity contribution in [2.45, 2.75) is 58.1 Å². The molecule has 0 aromatic heterocycles. The topological polar surface area (TPSA) is 64.6 Å². The minimum atomic E-state index is -0.864. The van der Waals surface area contributed by atoms with Crippen molar-refractivity contribution in [3.8, 4) is 5.75 Å². The van der Waals surface area contributed by atoms with Crippen LogP contribution in [0.2, 0.25) is 0 Å². The molecule has 2 aromatic rings. The number of hydrogen-bond acceptors (Lipinski definition) is 4. The SMILES string of the molecule is CCCCOc1ccc(C(=O)O[C@H](C)C(=O)N[C@@H]2CCCc3ccccc32)cc1. The van der Waals surface area contributed by atoms with E-state index in [9.17, 15) is 9.59 Å². The van der Waals surface area contributed by atoms with E-state index in [0.29, 0.717) is 12.2 Å². The number of benzene rings is 2. The Morgan fingerprint density at radius 3 is 2.66 bits per heavy atom. The van der Waals surface area contributed by atoms with Crippen LogP contribution in [0.1, 0.15) is 67.1 Å². The summed E-state index contributed by atoms with van der Waals surface area (Å²) in [5, 5.41) is 3.03. The monoisotopic (exact) mass is 395 g/mol. The Labute approximate surface area is 172 Å². The zero-order valence-corrected chi connectivity index (χ0v) is 17.1. The van der Waals surface area contributed by atoms with E-state index in [1.807, 2.05) is 12.1 Å². The van der Waals surface area contributed by atoms with Gasteiger partial charge in [0.1, 0.15) is 5.75 Å². The fraction of sp³-hybridized carbons (Fsp3) is 0.417. The standard InChI is InChI=1S/C24H29NO4/c1-3-4-16-28-20-14-12-19(13-15-20)24(27)29-17(2)23(26)25-22-11-7-9-18-8-5-6-10-21(18)22/h5-6,8,10,12-15,17,22H,3-4,7,9,11,16H2,1-2H3,(H,25,26)/t17-,22-/m1/s1. The zero-order valence-electron chi connectivity index (χ0n) is 17.1. The van der Waals surface area contributed by atoms with Crippen LogP contribution in [-0.4, -0.2) is 24.6 Å². The summed E-state index contributed by atoms with van der Waals surface area (Å²) in [5.74, 6) is -0.0758. The smallest absolute Gasteiger partial charge is 0.338 e. The number of fused-ring (bicyclic) bond motifs is 1. The third-order valence-electron chi connectivity index (χ3n) is 5.20. The lowest BCUT2D eigenvalue weighted by Gasteiger charge is -2.27. The molecule has 0 aliphatic heterocycles. The van der Waals surface area contributed by atoms with Crippen molar-refractivity contribution in [2.75, 3.05) is 6.61 Å². The van der Waals surface area contributed by atoms with Gasteiger partial charge in [-0.15, -0.1) is 0 Å². The minimum absolute atomic E-state index is 0.0341. The predicted octanol–water partition coefficient (Wildman–Crippen LogP) is 4.60. The van der Waals surface area contributed by atoms with E-state index in [4.69, 9.17) is 9.47 Å². The van der Waals surface area contributed by atoms with Crippen LogP contribution < -0.4 is 10.1 Å². The number of ether oxygens (including phenoxy) is 2. The molecular weight excluding hydrogens is 366 g/mol. The van der Waals surface area contributed by atoms with E-state index < -0.39 is 12.1 Å². The Kier molecular flexibility index (Phi) is 7.28. The van der Waals surface area contributed by atoms with Crippen molar-refractivity contribution < 1.29 is 19.1 Å². The number of rotatable bonds is 8. The summed E-state index contributed by atoms with van der Waals surface area (Å²) < 4.78 is 11.0. The van der Waals surface area contributed by atoms with Crippen LogP contribution in [0.5, 0.6) is 5.75 Å². The lowest BCUT2D eigenvalue weighted by atomic mass is 9.87. The molecule has 1 aliphatic rings. The largest absolute Gasteiger partial charge is 0.494 e. The van der Waals surface area contributed by atoms with E-state index >= 15 is 0 Å². The molecule has 0 fully saturated rings. The minimum Gasteiger partial charge on any atom is -0.494 e. The van der Waals surface area contributed by atoms with Crippen LogP contribution in [0.25, 0.3) is 0 Å². The van der Waals surface area contributed by atoms with Crippen LogP contribution in [0, 0.1) is 0 Å². The molecule has 154 valence electrons. The van der Waals surface area contributed by atoms with Crippen LogP contribution in [-0.2, 0) is 16.0 Å². The highest BCUT2D eigenvalue weighted by atomic mass is 16.5. The second kappa shape index (κ2) is 10.1. The summed E-state index contributed by atoms with van der Waals surface area (Å²) in [7, 11) is 0. The fourth-order valence-corrected chi connectivity index (χ4v) is 3.50. The first-order valence-electron chi connectivity index (χ1n) is 10.4. The van der Waals surface area contributed by atoms with Gasteiger partial charge in [0, 0.05) is 0 Å². The van der Waals surface area contributed by atoms with Gasteiger partial charge in [-0.05, 0) is 68.0 Å². The molecule has 1 aliphatic carbocycles. The lowest BCUT2D eigenvalue weighted by Crippen LogP contribution is -2.39. The van der Waals surface area contributed by atoms with E-state index in [-0.39, 0.29) is 11.9 Å². The summed E-state index contributed by atoms with van der Waals surface area (Å²) in [6, 6.07) is 14.9. The quantitative estimate of drug-likeness (QED) is 0.524. The van der Waals surface area contributed by atoms with Gasteiger partial charge in [0.15, 0.2) is 6.10 Å². The van der Waals surface area contributed by atoms with Crippen molar-refractivity contribution >= 4 is 11.9 Å². The number of esters is 1. The molecule has 2 aromatic carbocycles. The third kappa shape index (κ3) is 5.59. The number of amides is 1. The summed E-state index contributed by atoms with van der Waals surface area (Å²) >= 11 is 0. The second-order valence-corrected chi connectivity index (χ2v) is 7.43. The van der Waals surface area contributed by atoms with E-state index in [1.165, 1.54) is 5.56 Å². The van der Waals surface area contributed by atoms with Gasteiger partial charge in [-0.1, -0.05) is 37.6 Å². The van der Waals surface area contributed by atoms with Gasteiger partial charge >= 0.3 is 5.97 Å². The molecule has 0 radical (unpaired) electrons. The van der Waals surface area contributed by atoms with Crippen molar-refractivity contribution in [2.24, 2.45) is 0 Å². The molecule has 1 N–H and O–H groups in total. The molecule has 0 spiro atoms. The number of carbonyl (C=O) groups is 2. The maximum absolute atomic E-state index is 12.6. The van der Waals surface area contributed by atoms with Crippen molar-refractivity contribution in [3.63, 3.8) is 0 Å². The normalized spacial score (nSPS) is 16.4. The molecule has 1 amide bonds. The molecule has 0 heterocycles. The number of carbonyl (C=O) groups excluding carboxylic acids is 2. The molecule has 0 unspecified atom stereocenters. The van der Waals surface area contributed by atoms with Crippen molar-refractivity contribution in [1.82, 2.24) is 5.32 Å².